The van der Waals surface area contributed by atoms with Crippen LogP contribution in [-0.4, -0.2) is 37.0 Å². The molecule has 0 bridgehead atoms. The number of carbonyl (C=O) groups is 1. The van der Waals surface area contributed by atoms with Gasteiger partial charge in [0.25, 0.3) is 0 Å². The predicted molar refractivity (Wildman–Crippen MR) is 68.8 cm³/mol. The minimum Gasteiger partial charge on any atom is -0.355 e. The Labute approximate surface area is 103 Å². The van der Waals surface area contributed by atoms with Gasteiger partial charge in [0.2, 0.25) is 5.91 Å². The molecule has 1 heterocycles. The molecule has 0 spiro atoms. The molecule has 92 valence electrons. The van der Waals surface area contributed by atoms with Gasteiger partial charge in [-0.05, 0) is 24.9 Å². The van der Waals surface area contributed by atoms with Crippen molar-refractivity contribution in [3.63, 3.8) is 0 Å². The summed E-state index contributed by atoms with van der Waals surface area (Å²) in [4.78, 5) is 13.6. The Hall–Kier alpha value is -1.35. The number of benzene rings is 1. The van der Waals surface area contributed by atoms with E-state index in [2.05, 4.69) is 40.5 Å². The smallest absolute Gasteiger partial charge is 0.220 e. The highest BCUT2D eigenvalue weighted by molar-refractivity contribution is 5.75. The maximum Gasteiger partial charge on any atom is 0.220 e. The monoisotopic (exact) mass is 232 g/mol. The van der Waals surface area contributed by atoms with Gasteiger partial charge in [-0.1, -0.05) is 30.3 Å². The van der Waals surface area contributed by atoms with E-state index in [4.69, 9.17) is 0 Å². The van der Waals surface area contributed by atoms with E-state index < -0.39 is 0 Å². The molecule has 0 radical (unpaired) electrons. The molecule has 17 heavy (non-hydrogen) atoms. The Morgan fingerprint density at radius 2 is 2.00 bits per heavy atom. The summed E-state index contributed by atoms with van der Waals surface area (Å²) in [6.07, 6.45) is 2.73. The lowest BCUT2D eigenvalue weighted by Crippen LogP contribution is -2.39. The Balaban J connectivity index is 1.77. The van der Waals surface area contributed by atoms with Crippen molar-refractivity contribution < 1.29 is 4.79 Å². The van der Waals surface area contributed by atoms with Crippen LogP contribution in [0.5, 0.6) is 0 Å². The summed E-state index contributed by atoms with van der Waals surface area (Å²) < 4.78 is 0. The Kier molecular flexibility index (Phi) is 4.56. The predicted octanol–water partition coefficient (Wildman–Crippen LogP) is 1.44. The molecule has 0 saturated carbocycles. The highest BCUT2D eigenvalue weighted by atomic mass is 16.1. The van der Waals surface area contributed by atoms with Gasteiger partial charge in [0.1, 0.15) is 0 Å². The summed E-state index contributed by atoms with van der Waals surface area (Å²) >= 11 is 0. The molecule has 1 saturated heterocycles. The van der Waals surface area contributed by atoms with Gasteiger partial charge in [-0.15, -0.1) is 0 Å². The lowest BCUT2D eigenvalue weighted by molar-refractivity contribution is -0.121. The van der Waals surface area contributed by atoms with E-state index >= 15 is 0 Å². The molecule has 0 aromatic heterocycles. The van der Waals surface area contributed by atoms with Gasteiger partial charge in [-0.3, -0.25) is 4.79 Å². The Morgan fingerprint density at radius 3 is 2.82 bits per heavy atom. The second-order valence-electron chi connectivity index (χ2n) is 4.53. The third-order valence-corrected chi connectivity index (χ3v) is 3.19. The number of hydrogen-bond donors (Lipinski definition) is 1. The minimum absolute atomic E-state index is 0.202. The highest BCUT2D eigenvalue weighted by Gasteiger charge is 2.10. The van der Waals surface area contributed by atoms with Gasteiger partial charge >= 0.3 is 0 Å². The van der Waals surface area contributed by atoms with Gasteiger partial charge in [0.15, 0.2) is 0 Å². The van der Waals surface area contributed by atoms with Gasteiger partial charge < -0.3 is 10.2 Å². The average molecular weight is 232 g/mol. The van der Waals surface area contributed by atoms with Crippen molar-refractivity contribution in [2.75, 3.05) is 26.2 Å². The fourth-order valence-corrected chi connectivity index (χ4v) is 2.17. The van der Waals surface area contributed by atoms with Crippen LogP contribution in [0.25, 0.3) is 0 Å². The van der Waals surface area contributed by atoms with Crippen LogP contribution >= 0.6 is 0 Å². The van der Waals surface area contributed by atoms with Crippen molar-refractivity contribution in [2.45, 2.75) is 19.3 Å². The zero-order chi connectivity index (χ0) is 11.9. The van der Waals surface area contributed by atoms with E-state index in [1.54, 1.807) is 0 Å². The highest BCUT2D eigenvalue weighted by Crippen LogP contribution is 2.04. The Bertz CT molecular complexity index is 338. The largest absolute Gasteiger partial charge is 0.355 e. The molecule has 1 aliphatic heterocycles. The summed E-state index contributed by atoms with van der Waals surface area (Å²) in [6, 6.07) is 10.6. The molecule has 0 aliphatic carbocycles. The van der Waals surface area contributed by atoms with Crippen molar-refractivity contribution in [3.05, 3.63) is 35.9 Å². The molecule has 1 N–H and O–H groups in total. The first-order chi connectivity index (χ1) is 8.34. The summed E-state index contributed by atoms with van der Waals surface area (Å²) in [5.74, 6) is 0.202. The van der Waals surface area contributed by atoms with Crippen LogP contribution in [0.4, 0.5) is 0 Å². The van der Waals surface area contributed by atoms with Crippen LogP contribution in [-0.2, 0) is 11.2 Å². The van der Waals surface area contributed by atoms with Gasteiger partial charge in [-0.2, -0.15) is 0 Å². The molecule has 3 heteroatoms. The van der Waals surface area contributed by atoms with Crippen LogP contribution in [0.3, 0.4) is 0 Å². The Morgan fingerprint density at radius 1 is 1.18 bits per heavy atom. The zero-order valence-electron chi connectivity index (χ0n) is 10.2. The molecular weight excluding hydrogens is 212 g/mol. The molecular formula is C14H20N2O. The number of nitrogens with zero attached hydrogens (tertiary/aromatic N) is 1. The first-order valence-electron chi connectivity index (χ1n) is 6.37. The van der Waals surface area contributed by atoms with E-state index in [-0.39, 0.29) is 5.91 Å². The van der Waals surface area contributed by atoms with E-state index in [0.717, 1.165) is 39.0 Å². The molecule has 1 aliphatic rings. The van der Waals surface area contributed by atoms with Crippen LogP contribution in [0.1, 0.15) is 18.4 Å². The van der Waals surface area contributed by atoms with Crippen molar-refractivity contribution in [1.29, 1.82) is 0 Å². The topological polar surface area (TPSA) is 32.3 Å². The molecule has 1 fully saturated rings. The van der Waals surface area contributed by atoms with E-state index in [0.29, 0.717) is 6.42 Å². The summed E-state index contributed by atoms with van der Waals surface area (Å²) in [7, 11) is 0. The minimum atomic E-state index is 0.202. The normalized spacial score (nSPS) is 18.2. The summed E-state index contributed by atoms with van der Waals surface area (Å²) in [5, 5.41) is 2.93. The molecule has 3 nitrogen and oxygen atoms in total. The van der Waals surface area contributed by atoms with E-state index in [1.807, 2.05) is 0 Å². The van der Waals surface area contributed by atoms with Gasteiger partial charge in [0, 0.05) is 26.1 Å². The fourth-order valence-electron chi connectivity index (χ4n) is 2.17. The molecule has 1 aromatic rings. The lowest BCUT2D eigenvalue weighted by atomic mass is 10.1. The maximum atomic E-state index is 11.2. The molecule has 0 unspecified atom stereocenters. The SMILES string of the molecule is O=C1CCCN(CCc2ccccc2)CCN1. The summed E-state index contributed by atoms with van der Waals surface area (Å²) in [5.41, 5.74) is 1.39. The number of carbonyl (C=O) groups excluding carboxylic acids is 1. The van der Waals surface area contributed by atoms with E-state index in [9.17, 15) is 4.79 Å². The third kappa shape index (κ3) is 4.19. The second-order valence-corrected chi connectivity index (χ2v) is 4.53. The van der Waals surface area contributed by atoms with Crippen molar-refractivity contribution in [1.82, 2.24) is 10.2 Å². The van der Waals surface area contributed by atoms with Crippen molar-refractivity contribution in [3.8, 4) is 0 Å². The molecule has 1 aromatic carbocycles. The standard InChI is InChI=1S/C14H20N2O/c17-14-7-4-10-16(12-9-15-14)11-8-13-5-2-1-3-6-13/h1-3,5-6H,4,7-12H2,(H,15,17). The average Bonchev–Trinajstić information content (AvgIpc) is 2.33. The van der Waals surface area contributed by atoms with Crippen LogP contribution in [0.15, 0.2) is 30.3 Å². The summed E-state index contributed by atoms with van der Waals surface area (Å²) in [6.45, 7) is 3.88. The maximum absolute atomic E-state index is 11.2. The first kappa shape index (κ1) is 12.1. The number of hydrogen-bond acceptors (Lipinski definition) is 2. The fraction of sp³-hybridized carbons (Fsp3) is 0.500. The van der Waals surface area contributed by atoms with Crippen LogP contribution in [0.2, 0.25) is 0 Å². The number of rotatable bonds is 3. The van der Waals surface area contributed by atoms with Crippen molar-refractivity contribution in [2.24, 2.45) is 0 Å². The van der Waals surface area contributed by atoms with Crippen LogP contribution < -0.4 is 5.32 Å². The number of nitrogens with one attached hydrogen (secondary N) is 1. The number of amides is 1. The zero-order valence-corrected chi connectivity index (χ0v) is 10.2. The second kappa shape index (κ2) is 6.40. The van der Waals surface area contributed by atoms with Gasteiger partial charge in [0.05, 0.1) is 0 Å². The van der Waals surface area contributed by atoms with E-state index in [1.165, 1.54) is 5.56 Å². The first-order valence-corrected chi connectivity index (χ1v) is 6.37. The third-order valence-electron chi connectivity index (χ3n) is 3.19. The molecule has 2 rings (SSSR count). The molecule has 0 atom stereocenters. The van der Waals surface area contributed by atoms with Gasteiger partial charge in [-0.25, -0.2) is 0 Å². The van der Waals surface area contributed by atoms with Crippen molar-refractivity contribution >= 4 is 5.91 Å². The quantitative estimate of drug-likeness (QED) is 0.855. The lowest BCUT2D eigenvalue weighted by Gasteiger charge is -2.24. The van der Waals surface area contributed by atoms with Crippen LogP contribution in [0, 0.1) is 0 Å². The molecule has 1 amide bonds.